The van der Waals surface area contributed by atoms with E-state index in [9.17, 15) is 0 Å². The van der Waals surface area contributed by atoms with Crippen molar-refractivity contribution in [3.63, 3.8) is 0 Å². The Morgan fingerprint density at radius 2 is 2.00 bits per heavy atom. The lowest BCUT2D eigenvalue weighted by Crippen LogP contribution is -2.21. The smallest absolute Gasteiger partial charge is 0.133 e. The van der Waals surface area contributed by atoms with Crippen LogP contribution in [0, 0.1) is 0 Å². The number of hydrogen-bond acceptors (Lipinski definition) is 3. The highest BCUT2D eigenvalue weighted by Crippen LogP contribution is 2.29. The Kier molecular flexibility index (Phi) is 5.02. The molecule has 2 nitrogen and oxygen atoms in total. The second-order valence-electron chi connectivity index (χ2n) is 4.52. The predicted octanol–water partition coefficient (Wildman–Crippen LogP) is 4.93. The van der Waals surface area contributed by atoms with Crippen molar-refractivity contribution in [2.75, 3.05) is 7.11 Å². The zero-order chi connectivity index (χ0) is 13.8. The molecule has 19 heavy (non-hydrogen) atoms. The summed E-state index contributed by atoms with van der Waals surface area (Å²) < 4.78 is 6.24. The van der Waals surface area contributed by atoms with E-state index < -0.39 is 0 Å². The molecule has 1 N–H and O–H groups in total. The molecule has 0 saturated heterocycles. The largest absolute Gasteiger partial charge is 0.496 e. The van der Waals surface area contributed by atoms with Gasteiger partial charge in [0.05, 0.1) is 11.6 Å². The summed E-state index contributed by atoms with van der Waals surface area (Å²) in [4.78, 5) is 1.36. The minimum absolute atomic E-state index is 0.291. The van der Waals surface area contributed by atoms with Crippen molar-refractivity contribution in [2.45, 2.75) is 25.9 Å². The summed E-state index contributed by atoms with van der Waals surface area (Å²) in [7, 11) is 1.68. The third-order valence-corrected chi connectivity index (χ3v) is 4.82. The zero-order valence-corrected chi connectivity index (χ0v) is 13.7. The van der Waals surface area contributed by atoms with Gasteiger partial charge in [-0.3, -0.25) is 0 Å². The van der Waals surface area contributed by atoms with Crippen LogP contribution in [-0.2, 0) is 0 Å². The summed E-state index contributed by atoms with van der Waals surface area (Å²) in [6, 6.07) is 11.1. The Balaban J connectivity index is 2.07. The first-order chi connectivity index (χ1) is 9.11. The number of ether oxygens (including phenoxy) is 1. The van der Waals surface area contributed by atoms with Gasteiger partial charge >= 0.3 is 0 Å². The average molecular weight is 340 g/mol. The maximum absolute atomic E-state index is 5.25. The van der Waals surface area contributed by atoms with Gasteiger partial charge in [0, 0.05) is 17.0 Å². The summed E-state index contributed by atoms with van der Waals surface area (Å²) in [5.41, 5.74) is 1.25. The Hall–Kier alpha value is -0.840. The molecular formula is C15H18BrNOS. The van der Waals surface area contributed by atoms with E-state index in [1.807, 2.05) is 6.07 Å². The highest BCUT2D eigenvalue weighted by atomic mass is 79.9. The zero-order valence-electron chi connectivity index (χ0n) is 11.3. The lowest BCUT2D eigenvalue weighted by Gasteiger charge is -2.20. The van der Waals surface area contributed by atoms with Crippen molar-refractivity contribution in [1.82, 2.24) is 5.32 Å². The predicted molar refractivity (Wildman–Crippen MR) is 85.0 cm³/mol. The van der Waals surface area contributed by atoms with E-state index in [0.29, 0.717) is 12.1 Å². The fourth-order valence-corrected chi connectivity index (χ4v) is 3.34. The maximum atomic E-state index is 5.25. The Morgan fingerprint density at radius 3 is 2.58 bits per heavy atom. The van der Waals surface area contributed by atoms with Crippen molar-refractivity contribution in [1.29, 1.82) is 0 Å². The van der Waals surface area contributed by atoms with Crippen molar-refractivity contribution < 1.29 is 4.74 Å². The SMILES string of the molecule is COc1ccc(C(C)N[C@H](C)c2cccs2)cc1Br. The van der Waals surface area contributed by atoms with Gasteiger partial charge in [-0.2, -0.15) is 0 Å². The van der Waals surface area contributed by atoms with Crippen LogP contribution in [0.2, 0.25) is 0 Å². The van der Waals surface area contributed by atoms with Crippen LogP contribution in [0.1, 0.15) is 36.4 Å². The molecule has 1 aromatic heterocycles. The molecule has 0 fully saturated rings. The van der Waals surface area contributed by atoms with Crippen LogP contribution in [0.25, 0.3) is 0 Å². The van der Waals surface area contributed by atoms with Gasteiger partial charge in [-0.05, 0) is 58.9 Å². The summed E-state index contributed by atoms with van der Waals surface area (Å²) in [6.45, 7) is 4.37. The fourth-order valence-electron chi connectivity index (χ4n) is 2.04. The molecule has 0 amide bonds. The molecule has 1 unspecified atom stereocenters. The Morgan fingerprint density at radius 1 is 1.21 bits per heavy atom. The highest BCUT2D eigenvalue weighted by molar-refractivity contribution is 9.10. The number of nitrogens with one attached hydrogen (secondary N) is 1. The van der Waals surface area contributed by atoms with Crippen molar-refractivity contribution >= 4 is 27.3 Å². The van der Waals surface area contributed by atoms with E-state index in [4.69, 9.17) is 4.74 Å². The summed E-state index contributed by atoms with van der Waals surface area (Å²) in [5.74, 6) is 0.863. The number of halogens is 1. The molecular weight excluding hydrogens is 322 g/mol. The van der Waals surface area contributed by atoms with E-state index in [1.54, 1.807) is 18.4 Å². The van der Waals surface area contributed by atoms with Crippen LogP contribution in [0.3, 0.4) is 0 Å². The summed E-state index contributed by atoms with van der Waals surface area (Å²) >= 11 is 5.32. The van der Waals surface area contributed by atoms with Gasteiger partial charge < -0.3 is 10.1 Å². The molecule has 2 atom stereocenters. The van der Waals surface area contributed by atoms with Gasteiger partial charge in [-0.15, -0.1) is 11.3 Å². The monoisotopic (exact) mass is 339 g/mol. The molecule has 1 heterocycles. The van der Waals surface area contributed by atoms with Crippen LogP contribution in [0.4, 0.5) is 0 Å². The van der Waals surface area contributed by atoms with E-state index >= 15 is 0 Å². The second kappa shape index (κ2) is 6.55. The average Bonchev–Trinajstić information content (AvgIpc) is 2.92. The highest BCUT2D eigenvalue weighted by Gasteiger charge is 2.13. The quantitative estimate of drug-likeness (QED) is 0.833. The van der Waals surface area contributed by atoms with Gasteiger partial charge in [0.2, 0.25) is 0 Å². The minimum Gasteiger partial charge on any atom is -0.496 e. The van der Waals surface area contributed by atoms with Gasteiger partial charge in [0.25, 0.3) is 0 Å². The van der Waals surface area contributed by atoms with E-state index in [1.165, 1.54) is 10.4 Å². The molecule has 2 rings (SSSR count). The molecule has 0 aliphatic rings. The number of thiophene rings is 1. The minimum atomic E-state index is 0.291. The van der Waals surface area contributed by atoms with Gasteiger partial charge in [-0.1, -0.05) is 12.1 Å². The van der Waals surface area contributed by atoms with Gasteiger partial charge in [0.15, 0.2) is 0 Å². The normalized spacial score (nSPS) is 14.1. The molecule has 0 radical (unpaired) electrons. The second-order valence-corrected chi connectivity index (χ2v) is 6.35. The van der Waals surface area contributed by atoms with Crippen molar-refractivity contribution in [2.24, 2.45) is 0 Å². The first-order valence-electron chi connectivity index (χ1n) is 6.24. The molecule has 0 spiro atoms. The molecule has 2 aromatic rings. The first kappa shape index (κ1) is 14.6. The van der Waals surface area contributed by atoms with Crippen LogP contribution in [-0.4, -0.2) is 7.11 Å². The van der Waals surface area contributed by atoms with Crippen LogP contribution in [0.15, 0.2) is 40.2 Å². The maximum Gasteiger partial charge on any atom is 0.133 e. The third kappa shape index (κ3) is 3.59. The fraction of sp³-hybridized carbons (Fsp3) is 0.333. The molecule has 0 bridgehead atoms. The molecule has 1 aromatic carbocycles. The summed E-state index contributed by atoms with van der Waals surface area (Å²) in [5, 5.41) is 5.73. The van der Waals surface area contributed by atoms with Crippen LogP contribution in [0.5, 0.6) is 5.75 Å². The lowest BCUT2D eigenvalue weighted by molar-refractivity contribution is 0.411. The van der Waals surface area contributed by atoms with E-state index in [2.05, 4.69) is 64.7 Å². The standard InChI is InChI=1S/C15H18BrNOS/c1-10(17-11(2)15-5-4-8-19-15)12-6-7-14(18-3)13(16)9-12/h4-11,17H,1-3H3/t10?,11-/m1/s1. The van der Waals surface area contributed by atoms with Crippen molar-refractivity contribution in [3.8, 4) is 5.75 Å². The molecule has 102 valence electrons. The number of benzene rings is 1. The van der Waals surface area contributed by atoms with Crippen LogP contribution < -0.4 is 10.1 Å². The first-order valence-corrected chi connectivity index (χ1v) is 7.92. The number of rotatable bonds is 5. The lowest BCUT2D eigenvalue weighted by atomic mass is 10.1. The van der Waals surface area contributed by atoms with E-state index in [-0.39, 0.29) is 0 Å². The third-order valence-electron chi connectivity index (χ3n) is 3.15. The number of hydrogen-bond donors (Lipinski definition) is 1. The molecule has 0 aliphatic heterocycles. The Bertz CT molecular complexity index is 527. The summed E-state index contributed by atoms with van der Waals surface area (Å²) in [6.07, 6.45) is 0. The molecule has 4 heteroatoms. The number of methoxy groups -OCH3 is 1. The van der Waals surface area contributed by atoms with Crippen LogP contribution >= 0.6 is 27.3 Å². The molecule has 0 aliphatic carbocycles. The van der Waals surface area contributed by atoms with E-state index in [0.717, 1.165) is 10.2 Å². The topological polar surface area (TPSA) is 21.3 Å². The van der Waals surface area contributed by atoms with Crippen molar-refractivity contribution in [3.05, 3.63) is 50.6 Å². The van der Waals surface area contributed by atoms with Gasteiger partial charge in [0.1, 0.15) is 5.75 Å². The van der Waals surface area contributed by atoms with Gasteiger partial charge in [-0.25, -0.2) is 0 Å². The Labute approximate surface area is 126 Å². The molecule has 0 saturated carbocycles.